The first-order valence-corrected chi connectivity index (χ1v) is 9.58. The van der Waals surface area contributed by atoms with Crippen molar-refractivity contribution in [2.45, 2.75) is 25.5 Å². The largest absolute Gasteiger partial charge is 0.433 e. The second-order valence-corrected chi connectivity index (χ2v) is 7.33. The highest BCUT2D eigenvalue weighted by molar-refractivity contribution is 5.90. The molecule has 0 saturated carbocycles. The number of aryl methyl sites for hydroxylation is 1. The average Bonchev–Trinajstić information content (AvgIpc) is 3.18. The molecule has 0 saturated heterocycles. The van der Waals surface area contributed by atoms with Crippen LogP contribution in [0.1, 0.15) is 28.7 Å². The van der Waals surface area contributed by atoms with Crippen molar-refractivity contribution in [1.82, 2.24) is 14.8 Å². The molecule has 0 aliphatic rings. The average molecular weight is 466 g/mol. The molecule has 2 aromatic heterocycles. The van der Waals surface area contributed by atoms with Gasteiger partial charge in [-0.05, 0) is 30.5 Å². The van der Waals surface area contributed by atoms with Crippen molar-refractivity contribution in [2.24, 2.45) is 0 Å². The summed E-state index contributed by atoms with van der Waals surface area (Å²) < 4.78 is 81.5. The topological polar surface area (TPSA) is 63.0 Å². The molecule has 2 aromatic carbocycles. The number of alkyl halides is 6. The molecule has 33 heavy (non-hydrogen) atoms. The van der Waals surface area contributed by atoms with Gasteiger partial charge in [0, 0.05) is 17.3 Å². The molecule has 0 aliphatic carbocycles. The Morgan fingerprint density at radius 3 is 2.42 bits per heavy atom. The van der Waals surface area contributed by atoms with Crippen LogP contribution >= 0.6 is 0 Å². The van der Waals surface area contributed by atoms with Gasteiger partial charge in [-0.25, -0.2) is 4.68 Å². The van der Waals surface area contributed by atoms with Crippen molar-refractivity contribution >= 4 is 16.5 Å². The maximum Gasteiger partial charge on any atom is 0.433 e. The van der Waals surface area contributed by atoms with E-state index >= 15 is 0 Å². The Labute approximate surface area is 183 Å². The van der Waals surface area contributed by atoms with Gasteiger partial charge in [0.2, 0.25) is 0 Å². The number of halogens is 6. The number of hydrogen-bond acceptors (Lipinski definition) is 4. The zero-order chi connectivity index (χ0) is 24.0. The van der Waals surface area contributed by atoms with Gasteiger partial charge in [-0.2, -0.15) is 31.4 Å². The summed E-state index contributed by atoms with van der Waals surface area (Å²) in [5.74, 6) is 0. The van der Waals surface area contributed by atoms with Crippen LogP contribution in [0.4, 0.5) is 32.0 Å². The van der Waals surface area contributed by atoms with E-state index in [-0.39, 0.29) is 11.4 Å². The van der Waals surface area contributed by atoms with Crippen molar-refractivity contribution in [3.05, 3.63) is 83.4 Å². The van der Waals surface area contributed by atoms with Gasteiger partial charge in [-0.3, -0.25) is 4.98 Å². The number of rotatable bonds is 4. The summed E-state index contributed by atoms with van der Waals surface area (Å²) in [5.41, 5.74) is -2.34. The van der Waals surface area contributed by atoms with Crippen LogP contribution < -0.4 is 5.32 Å². The predicted octanol–water partition coefficient (Wildman–Crippen LogP) is 5.87. The lowest BCUT2D eigenvalue weighted by Gasteiger charge is -2.18. The van der Waals surface area contributed by atoms with Crippen LogP contribution in [-0.2, 0) is 12.4 Å². The minimum atomic E-state index is -4.92. The van der Waals surface area contributed by atoms with E-state index in [1.54, 1.807) is 24.3 Å². The molecule has 5 nitrogen and oxygen atoms in total. The number of fused-ring (bicyclic) bond motifs is 1. The third kappa shape index (κ3) is 4.49. The van der Waals surface area contributed by atoms with Crippen LogP contribution in [0.25, 0.3) is 16.5 Å². The van der Waals surface area contributed by atoms with Crippen molar-refractivity contribution in [3.63, 3.8) is 0 Å². The summed E-state index contributed by atoms with van der Waals surface area (Å²) in [5, 5.41) is 17.8. The lowest BCUT2D eigenvalue weighted by Crippen LogP contribution is -2.20. The van der Waals surface area contributed by atoms with Crippen molar-refractivity contribution < 1.29 is 31.4 Å². The molecule has 0 bridgehead atoms. The second-order valence-electron chi connectivity index (χ2n) is 7.33. The maximum atomic E-state index is 14.1. The number of aromatic nitrogens is 3. The maximum absolute atomic E-state index is 14.1. The molecular formula is C22H16F6N4O. The number of hydrogen-bond donors (Lipinski definition) is 2. The van der Waals surface area contributed by atoms with Crippen molar-refractivity contribution in [3.8, 4) is 5.69 Å². The monoisotopic (exact) mass is 466 g/mol. The first kappa shape index (κ1) is 22.6. The molecule has 1 unspecified atom stereocenters. The van der Waals surface area contributed by atoms with Crippen molar-refractivity contribution in [1.29, 1.82) is 0 Å². The number of benzene rings is 2. The Morgan fingerprint density at radius 1 is 0.970 bits per heavy atom. The number of aliphatic hydroxyl groups excluding tert-OH is 1. The van der Waals surface area contributed by atoms with E-state index in [0.29, 0.717) is 21.5 Å². The molecule has 0 amide bonds. The van der Waals surface area contributed by atoms with E-state index in [4.69, 9.17) is 0 Å². The highest BCUT2D eigenvalue weighted by Crippen LogP contribution is 2.38. The minimum Gasteiger partial charge on any atom is -0.369 e. The van der Waals surface area contributed by atoms with Crippen molar-refractivity contribution in [2.75, 3.05) is 5.32 Å². The van der Waals surface area contributed by atoms with Crippen LogP contribution in [0, 0.1) is 6.92 Å². The normalized spacial score (nSPS) is 13.3. The molecule has 4 aromatic rings. The van der Waals surface area contributed by atoms with E-state index in [0.717, 1.165) is 24.0 Å². The fraction of sp³-hybridized carbons (Fsp3) is 0.182. The summed E-state index contributed by atoms with van der Waals surface area (Å²) >= 11 is 0. The Hall–Kier alpha value is -3.60. The zero-order valence-electron chi connectivity index (χ0n) is 16.9. The van der Waals surface area contributed by atoms with E-state index in [9.17, 15) is 31.4 Å². The number of nitrogens with zero attached hydrogens (tertiary/aromatic N) is 3. The summed E-state index contributed by atoms with van der Waals surface area (Å²) in [6.45, 7) is 1.85. The SMILES string of the molecule is Cc1ccc2c(-n3ncc(C(O)Nc4ccnc(C(F)(F)F)c4)c3C(F)(F)F)cccc2c1. The lowest BCUT2D eigenvalue weighted by atomic mass is 10.1. The van der Waals surface area contributed by atoms with Gasteiger partial charge in [0.15, 0.2) is 11.9 Å². The predicted molar refractivity (Wildman–Crippen MR) is 109 cm³/mol. The highest BCUT2D eigenvalue weighted by Gasteiger charge is 2.41. The van der Waals surface area contributed by atoms with Gasteiger partial charge < -0.3 is 10.4 Å². The molecule has 0 spiro atoms. The molecular weight excluding hydrogens is 450 g/mol. The second kappa shape index (κ2) is 8.07. The third-order valence-electron chi connectivity index (χ3n) is 4.96. The Balaban J connectivity index is 1.78. The van der Waals surface area contributed by atoms with Crippen LogP contribution in [0.5, 0.6) is 0 Å². The summed E-state index contributed by atoms with van der Waals surface area (Å²) in [7, 11) is 0. The van der Waals surface area contributed by atoms with E-state index in [2.05, 4.69) is 15.4 Å². The molecule has 0 aliphatic heterocycles. The van der Waals surface area contributed by atoms with E-state index in [1.165, 1.54) is 6.07 Å². The zero-order valence-corrected chi connectivity index (χ0v) is 16.9. The van der Waals surface area contributed by atoms with E-state index in [1.807, 2.05) is 13.0 Å². The van der Waals surface area contributed by atoms with Gasteiger partial charge in [0.05, 0.1) is 17.4 Å². The molecule has 11 heteroatoms. The molecule has 172 valence electrons. The summed E-state index contributed by atoms with van der Waals surface area (Å²) in [6.07, 6.45) is -9.99. The lowest BCUT2D eigenvalue weighted by molar-refractivity contribution is -0.144. The number of nitrogens with one attached hydrogen (secondary N) is 1. The molecule has 2 heterocycles. The van der Waals surface area contributed by atoms with Crippen LogP contribution in [0.15, 0.2) is 60.9 Å². The third-order valence-corrected chi connectivity index (χ3v) is 4.96. The first-order valence-electron chi connectivity index (χ1n) is 9.58. The molecule has 1 atom stereocenters. The van der Waals surface area contributed by atoms with E-state index < -0.39 is 35.5 Å². The van der Waals surface area contributed by atoms with Crippen LogP contribution in [0.2, 0.25) is 0 Å². The number of pyridine rings is 1. The van der Waals surface area contributed by atoms with Gasteiger partial charge in [-0.15, -0.1) is 0 Å². The fourth-order valence-electron chi connectivity index (χ4n) is 3.51. The summed E-state index contributed by atoms with van der Waals surface area (Å²) in [6, 6.07) is 11.7. The Morgan fingerprint density at radius 2 is 1.73 bits per heavy atom. The van der Waals surface area contributed by atoms with Gasteiger partial charge >= 0.3 is 12.4 Å². The van der Waals surface area contributed by atoms with Gasteiger partial charge in [0.25, 0.3) is 0 Å². The fourth-order valence-corrected chi connectivity index (χ4v) is 3.51. The number of anilines is 1. The first-order chi connectivity index (χ1) is 15.4. The quantitative estimate of drug-likeness (QED) is 0.292. The highest BCUT2D eigenvalue weighted by atomic mass is 19.4. The molecule has 2 N–H and O–H groups in total. The smallest absolute Gasteiger partial charge is 0.369 e. The summed E-state index contributed by atoms with van der Waals surface area (Å²) in [4.78, 5) is 3.18. The molecule has 4 rings (SSSR count). The minimum absolute atomic E-state index is 0.140. The van der Waals surface area contributed by atoms with Crippen LogP contribution in [-0.4, -0.2) is 19.9 Å². The Kier molecular flexibility index (Phi) is 5.52. The van der Waals surface area contributed by atoms with Crippen LogP contribution in [0.3, 0.4) is 0 Å². The number of aliphatic hydroxyl groups is 1. The van der Waals surface area contributed by atoms with Gasteiger partial charge in [-0.1, -0.05) is 35.9 Å². The molecule has 0 radical (unpaired) electrons. The standard InChI is InChI=1S/C22H16F6N4O/c1-12-5-6-15-13(9-12)3-2-4-17(15)32-19(22(26,27)28)16(11-30-32)20(33)31-14-7-8-29-18(10-14)21(23,24)25/h2-11,20,33H,1H3,(H,29,31). The molecule has 0 fully saturated rings. The van der Waals surface area contributed by atoms with Gasteiger partial charge in [0.1, 0.15) is 5.69 Å². The Bertz CT molecular complexity index is 1310.